The van der Waals surface area contributed by atoms with Crippen LogP contribution in [-0.4, -0.2) is 17.4 Å². The molecule has 0 saturated carbocycles. The molecule has 0 heterocycles. The first kappa shape index (κ1) is 33.0. The van der Waals surface area contributed by atoms with Crippen molar-refractivity contribution in [3.63, 3.8) is 0 Å². The Bertz CT molecular complexity index is 1660. The van der Waals surface area contributed by atoms with Crippen molar-refractivity contribution in [2.45, 2.75) is 99.5 Å². The van der Waals surface area contributed by atoms with Crippen LogP contribution in [0.15, 0.2) is 72.8 Å². The Morgan fingerprint density at radius 3 is 1.66 bits per heavy atom. The molecule has 0 saturated heterocycles. The average molecular weight is 593 g/mol. The fourth-order valence-electron chi connectivity index (χ4n) is 5.56. The van der Waals surface area contributed by atoms with Gasteiger partial charge in [-0.1, -0.05) is 84.0 Å². The molecule has 0 aliphatic carbocycles. The third-order valence-electron chi connectivity index (χ3n) is 9.90. The lowest BCUT2D eigenvalue weighted by Gasteiger charge is -2.29. The molecule has 4 nitrogen and oxygen atoms in total. The molecule has 4 aromatic carbocycles. The van der Waals surface area contributed by atoms with Crippen molar-refractivity contribution in [3.05, 3.63) is 106 Å². The predicted octanol–water partition coefficient (Wildman–Crippen LogP) is 10.8. The van der Waals surface area contributed by atoms with Gasteiger partial charge in [-0.3, -0.25) is 4.79 Å². The van der Waals surface area contributed by atoms with Crippen molar-refractivity contribution in [1.29, 1.82) is 0 Å². The number of aryl methyl sites for hydroxylation is 2. The smallest absolute Gasteiger partial charge is 0.343 e. The molecule has 0 aromatic heterocycles. The Balaban J connectivity index is 1.48. The zero-order chi connectivity index (χ0) is 32.2. The Hall–Kier alpha value is -3.92. The molecule has 232 valence electrons. The summed E-state index contributed by atoms with van der Waals surface area (Å²) < 4.78 is 12.2. The highest BCUT2D eigenvalue weighted by Crippen LogP contribution is 2.34. The number of rotatable bonds is 12. The number of carbonyl (C=O) groups excluding carboxylic acids is 2. The standard InChI is InChI=1S/C40H48O4/c1-10-39(8,11-2)37(41)33-16-14-32-25-34(17-15-31(32)24-33)38(42)43-35-20-18-29(22-26(35)5)28(7)30-19-21-36(27(6)23-30)44-40(9,12-3)13-4/h14-25,28H,10-13H2,1-9H3. The number of carbonyl (C=O) groups is 2. The summed E-state index contributed by atoms with van der Waals surface area (Å²) in [5.41, 5.74) is 5.05. The van der Waals surface area contributed by atoms with Crippen LogP contribution in [0.2, 0.25) is 0 Å². The number of fused-ring (bicyclic) bond motifs is 1. The summed E-state index contributed by atoms with van der Waals surface area (Å²) in [6.45, 7) is 18.9. The summed E-state index contributed by atoms with van der Waals surface area (Å²) in [7, 11) is 0. The fraction of sp³-hybridized carbons (Fsp3) is 0.400. The quantitative estimate of drug-likeness (QED) is 0.0933. The van der Waals surface area contributed by atoms with E-state index in [9.17, 15) is 9.59 Å². The van der Waals surface area contributed by atoms with Crippen molar-refractivity contribution < 1.29 is 19.1 Å². The Labute approximate surface area is 263 Å². The second-order valence-electron chi connectivity index (χ2n) is 12.8. The third-order valence-corrected chi connectivity index (χ3v) is 9.90. The van der Waals surface area contributed by atoms with Crippen LogP contribution in [0.3, 0.4) is 0 Å². The molecule has 0 fully saturated rings. The van der Waals surface area contributed by atoms with Crippen molar-refractivity contribution in [1.82, 2.24) is 0 Å². The maximum atomic E-state index is 13.2. The van der Waals surface area contributed by atoms with E-state index in [1.807, 2.05) is 56.3 Å². The molecule has 0 N–H and O–H groups in total. The van der Waals surface area contributed by atoms with Gasteiger partial charge in [-0.15, -0.1) is 0 Å². The highest BCUT2D eigenvalue weighted by Gasteiger charge is 2.30. The van der Waals surface area contributed by atoms with Crippen molar-refractivity contribution in [2.75, 3.05) is 0 Å². The van der Waals surface area contributed by atoms with Crippen molar-refractivity contribution in [3.8, 4) is 11.5 Å². The first-order chi connectivity index (χ1) is 20.9. The van der Waals surface area contributed by atoms with Crippen LogP contribution in [0.4, 0.5) is 0 Å². The van der Waals surface area contributed by atoms with Gasteiger partial charge in [0.25, 0.3) is 0 Å². The van der Waals surface area contributed by atoms with Crippen LogP contribution in [0, 0.1) is 19.3 Å². The van der Waals surface area contributed by atoms with Gasteiger partial charge in [-0.05, 0) is 110 Å². The lowest BCUT2D eigenvalue weighted by atomic mass is 9.77. The normalized spacial score (nSPS) is 12.7. The Kier molecular flexibility index (Phi) is 10.0. The fourth-order valence-corrected chi connectivity index (χ4v) is 5.56. The zero-order valence-electron chi connectivity index (χ0n) is 28.0. The lowest BCUT2D eigenvalue weighted by molar-refractivity contribution is 0.0732. The van der Waals surface area contributed by atoms with Gasteiger partial charge in [0.15, 0.2) is 5.78 Å². The van der Waals surface area contributed by atoms with Crippen LogP contribution in [-0.2, 0) is 0 Å². The minimum atomic E-state index is -0.405. The van der Waals surface area contributed by atoms with Crippen LogP contribution in [0.25, 0.3) is 10.8 Å². The maximum absolute atomic E-state index is 13.2. The SMILES string of the molecule is CCC(C)(CC)Oc1ccc(C(C)c2ccc(OC(=O)c3ccc4cc(C(=O)C(C)(CC)CC)ccc4c3)c(C)c2)cc1C. The van der Waals surface area contributed by atoms with Gasteiger partial charge in [0.05, 0.1) is 5.56 Å². The molecule has 0 aliphatic rings. The van der Waals surface area contributed by atoms with Crippen LogP contribution in [0.5, 0.6) is 11.5 Å². The summed E-state index contributed by atoms with van der Waals surface area (Å²) in [4.78, 5) is 26.3. The van der Waals surface area contributed by atoms with Gasteiger partial charge in [0, 0.05) is 16.9 Å². The van der Waals surface area contributed by atoms with Crippen molar-refractivity contribution in [2.24, 2.45) is 5.41 Å². The van der Waals surface area contributed by atoms with E-state index in [4.69, 9.17) is 9.47 Å². The first-order valence-corrected chi connectivity index (χ1v) is 16.1. The lowest BCUT2D eigenvalue weighted by Crippen LogP contribution is -2.30. The molecule has 0 radical (unpaired) electrons. The molecule has 0 spiro atoms. The highest BCUT2D eigenvalue weighted by molar-refractivity contribution is 6.04. The number of ether oxygens (including phenoxy) is 2. The van der Waals surface area contributed by atoms with Gasteiger partial charge < -0.3 is 9.47 Å². The van der Waals surface area contributed by atoms with Crippen LogP contribution >= 0.6 is 0 Å². The van der Waals surface area contributed by atoms with Gasteiger partial charge in [-0.25, -0.2) is 4.79 Å². The molecule has 0 amide bonds. The van der Waals surface area contributed by atoms with E-state index < -0.39 is 5.97 Å². The van der Waals surface area contributed by atoms with Crippen molar-refractivity contribution >= 4 is 22.5 Å². The summed E-state index contributed by atoms with van der Waals surface area (Å²) in [5.74, 6) is 1.40. The number of Topliss-reactive ketones (excluding diaryl/α,β-unsaturated/α-hetero) is 1. The first-order valence-electron chi connectivity index (χ1n) is 16.1. The highest BCUT2D eigenvalue weighted by atomic mass is 16.5. The molecular weight excluding hydrogens is 544 g/mol. The summed E-state index contributed by atoms with van der Waals surface area (Å²) in [6, 6.07) is 23.6. The topological polar surface area (TPSA) is 52.6 Å². The molecule has 4 heteroatoms. The molecule has 4 aromatic rings. The van der Waals surface area contributed by atoms with E-state index in [0.29, 0.717) is 16.9 Å². The number of ketones is 1. The third kappa shape index (κ3) is 6.90. The molecule has 0 bridgehead atoms. The summed E-state index contributed by atoms with van der Waals surface area (Å²) in [5, 5.41) is 1.82. The van der Waals surface area contributed by atoms with Crippen LogP contribution < -0.4 is 9.47 Å². The number of benzene rings is 4. The van der Waals surface area contributed by atoms with Gasteiger partial charge >= 0.3 is 5.97 Å². The van der Waals surface area contributed by atoms with E-state index >= 15 is 0 Å². The van der Waals surface area contributed by atoms with Gasteiger partial charge in [-0.2, -0.15) is 0 Å². The van der Waals surface area contributed by atoms with E-state index in [2.05, 4.69) is 72.7 Å². The van der Waals surface area contributed by atoms with Gasteiger partial charge in [0.1, 0.15) is 17.1 Å². The minimum absolute atomic E-state index is 0.161. The molecule has 4 rings (SSSR count). The number of hydrogen-bond donors (Lipinski definition) is 0. The predicted molar refractivity (Wildman–Crippen MR) is 181 cm³/mol. The second-order valence-corrected chi connectivity index (χ2v) is 12.8. The average Bonchev–Trinajstić information content (AvgIpc) is 3.04. The summed E-state index contributed by atoms with van der Waals surface area (Å²) in [6.07, 6.45) is 3.51. The minimum Gasteiger partial charge on any atom is -0.487 e. The largest absolute Gasteiger partial charge is 0.487 e. The molecule has 1 unspecified atom stereocenters. The van der Waals surface area contributed by atoms with E-state index in [1.165, 1.54) is 5.56 Å². The number of esters is 1. The second kappa shape index (κ2) is 13.4. The molecule has 0 aliphatic heterocycles. The molecule has 44 heavy (non-hydrogen) atoms. The summed E-state index contributed by atoms with van der Waals surface area (Å²) >= 11 is 0. The monoisotopic (exact) mass is 592 g/mol. The molecule has 1 atom stereocenters. The van der Waals surface area contributed by atoms with E-state index in [-0.39, 0.29) is 22.7 Å². The van der Waals surface area contributed by atoms with Gasteiger partial charge in [0.2, 0.25) is 0 Å². The van der Waals surface area contributed by atoms with Crippen LogP contribution in [0.1, 0.15) is 123 Å². The Morgan fingerprint density at radius 2 is 1.16 bits per heavy atom. The van der Waals surface area contributed by atoms with E-state index in [0.717, 1.165) is 58.9 Å². The molecular formula is C40H48O4. The van der Waals surface area contributed by atoms with E-state index in [1.54, 1.807) is 6.07 Å². The zero-order valence-corrected chi connectivity index (χ0v) is 28.0. The Morgan fingerprint density at radius 1 is 0.659 bits per heavy atom. The maximum Gasteiger partial charge on any atom is 0.343 e. The number of hydrogen-bond acceptors (Lipinski definition) is 4.